The van der Waals surface area contributed by atoms with Gasteiger partial charge in [0.25, 0.3) is 0 Å². The molecule has 188 valence electrons. The molecule has 0 bridgehead atoms. The first-order valence-electron chi connectivity index (χ1n) is 13.1. The Kier molecular flexibility index (Phi) is 29.3. The molecule has 0 unspecified atom stereocenters. The number of hydrogen-bond acceptors (Lipinski definition) is 3. The molecule has 0 aromatic rings. The van der Waals surface area contributed by atoms with Crippen molar-refractivity contribution in [2.75, 3.05) is 26.3 Å². The third-order valence-electron chi connectivity index (χ3n) is 5.97. The number of nitrogens with two attached hydrogens (primary N) is 1. The van der Waals surface area contributed by atoms with E-state index < -0.39 is 0 Å². The smallest absolute Gasteiger partial charge is 0.220 e. The van der Waals surface area contributed by atoms with Crippen LogP contribution in [0.15, 0.2) is 0 Å². The molecule has 0 aromatic carbocycles. The first kappa shape index (κ1) is 32.8. The molecule has 5 N–H and O–H groups in total. The number of amides is 1. The standard InChI is InChI=1S/C25H52N2O3.ClH/c1-2-3-4-5-6-7-8-9-10-11-12-13-14-15-16-17-25(30)27-21-20-26-24(18-22-28)19-23-29;/h24,26,28-29H,2-23H2,1H3,(H,27,30);1H. The Morgan fingerprint density at radius 2 is 1.16 bits per heavy atom. The summed E-state index contributed by atoms with van der Waals surface area (Å²) >= 11 is 0. The zero-order valence-electron chi connectivity index (χ0n) is 20.4. The van der Waals surface area contributed by atoms with Gasteiger partial charge in [-0.25, -0.2) is 0 Å². The van der Waals surface area contributed by atoms with Gasteiger partial charge in [0.15, 0.2) is 0 Å². The summed E-state index contributed by atoms with van der Waals surface area (Å²) in [4.78, 5) is 11.9. The molecule has 0 aliphatic carbocycles. The molecular weight excluding hydrogens is 412 g/mol. The lowest BCUT2D eigenvalue weighted by atomic mass is 10.0. The molecule has 0 fully saturated rings. The van der Waals surface area contributed by atoms with E-state index >= 15 is 0 Å². The molecule has 0 aliphatic rings. The second-order valence-electron chi connectivity index (χ2n) is 8.86. The van der Waals surface area contributed by atoms with Crippen molar-refractivity contribution in [2.24, 2.45) is 0 Å². The van der Waals surface area contributed by atoms with Crippen LogP contribution in [0.1, 0.15) is 122 Å². The summed E-state index contributed by atoms with van der Waals surface area (Å²) in [5, 5.41) is 23.1. The lowest BCUT2D eigenvalue weighted by Crippen LogP contribution is -3.00. The van der Waals surface area contributed by atoms with Crippen LogP contribution in [-0.4, -0.2) is 48.5 Å². The van der Waals surface area contributed by atoms with Crippen LogP contribution in [0.2, 0.25) is 0 Å². The summed E-state index contributed by atoms with van der Waals surface area (Å²) in [6.45, 7) is 4.02. The predicted octanol–water partition coefficient (Wildman–Crippen LogP) is 1.06. The van der Waals surface area contributed by atoms with Gasteiger partial charge in [-0.1, -0.05) is 96.8 Å². The first-order chi connectivity index (χ1) is 14.7. The molecule has 0 heterocycles. The van der Waals surface area contributed by atoms with E-state index in [0.717, 1.165) is 19.4 Å². The van der Waals surface area contributed by atoms with Gasteiger partial charge in [0.1, 0.15) is 0 Å². The maximum absolute atomic E-state index is 11.9. The topological polar surface area (TPSA) is 86.2 Å². The zero-order valence-corrected chi connectivity index (χ0v) is 21.1. The number of aliphatic hydroxyl groups is 2. The monoisotopic (exact) mass is 464 g/mol. The first-order valence-corrected chi connectivity index (χ1v) is 13.1. The Bertz CT molecular complexity index is 354. The molecule has 0 saturated carbocycles. The highest BCUT2D eigenvalue weighted by Gasteiger charge is 2.10. The van der Waals surface area contributed by atoms with Gasteiger partial charge in [-0.3, -0.25) is 4.79 Å². The van der Waals surface area contributed by atoms with Gasteiger partial charge >= 0.3 is 0 Å². The molecule has 0 atom stereocenters. The molecule has 1 amide bonds. The number of carbonyl (C=O) groups is 1. The van der Waals surface area contributed by atoms with Gasteiger partial charge in [0.05, 0.1) is 19.1 Å². The quantitative estimate of drug-likeness (QED) is 0.161. The van der Waals surface area contributed by atoms with Crippen LogP contribution in [0.4, 0.5) is 0 Å². The number of rotatable bonds is 24. The third-order valence-corrected chi connectivity index (χ3v) is 5.97. The minimum absolute atomic E-state index is 0. The number of hydrogen-bond donors (Lipinski definition) is 4. The van der Waals surface area contributed by atoms with Gasteiger partial charge in [-0.05, 0) is 6.42 Å². The minimum Gasteiger partial charge on any atom is -1.00 e. The van der Waals surface area contributed by atoms with Crippen LogP contribution < -0.4 is 23.0 Å². The van der Waals surface area contributed by atoms with Crippen molar-refractivity contribution in [3.05, 3.63) is 0 Å². The van der Waals surface area contributed by atoms with Gasteiger partial charge < -0.3 is 33.3 Å². The third kappa shape index (κ3) is 25.8. The maximum atomic E-state index is 11.9. The Balaban J connectivity index is 0. The molecule has 0 aliphatic heterocycles. The molecule has 0 spiro atoms. The van der Waals surface area contributed by atoms with Crippen molar-refractivity contribution < 1.29 is 32.7 Å². The molecule has 31 heavy (non-hydrogen) atoms. The Morgan fingerprint density at radius 1 is 0.742 bits per heavy atom. The average Bonchev–Trinajstić information content (AvgIpc) is 2.74. The van der Waals surface area contributed by atoms with Crippen LogP contribution in [0.3, 0.4) is 0 Å². The van der Waals surface area contributed by atoms with Crippen LogP contribution >= 0.6 is 0 Å². The van der Waals surface area contributed by atoms with E-state index in [1.807, 2.05) is 0 Å². The van der Waals surface area contributed by atoms with Crippen molar-refractivity contribution in [1.82, 2.24) is 5.32 Å². The highest BCUT2D eigenvalue weighted by atomic mass is 35.5. The largest absolute Gasteiger partial charge is 1.00 e. The molecular formula is C25H53ClN2O3. The van der Waals surface area contributed by atoms with Crippen molar-refractivity contribution in [1.29, 1.82) is 0 Å². The van der Waals surface area contributed by atoms with Gasteiger partial charge in [0.2, 0.25) is 5.91 Å². The highest BCUT2D eigenvalue weighted by molar-refractivity contribution is 5.75. The lowest BCUT2D eigenvalue weighted by molar-refractivity contribution is -0.689. The lowest BCUT2D eigenvalue weighted by Gasteiger charge is -2.13. The van der Waals surface area contributed by atoms with Crippen molar-refractivity contribution in [2.45, 2.75) is 129 Å². The molecule has 6 heteroatoms. The Labute approximate surface area is 199 Å². The van der Waals surface area contributed by atoms with E-state index in [2.05, 4.69) is 17.6 Å². The van der Waals surface area contributed by atoms with Crippen LogP contribution in [-0.2, 0) is 4.79 Å². The van der Waals surface area contributed by atoms with E-state index in [1.54, 1.807) is 0 Å². The second-order valence-corrected chi connectivity index (χ2v) is 8.86. The Hall–Kier alpha value is -0.360. The summed E-state index contributed by atoms with van der Waals surface area (Å²) in [6, 6.07) is 0.243. The Morgan fingerprint density at radius 3 is 1.58 bits per heavy atom. The minimum atomic E-state index is 0. The number of unbranched alkanes of at least 4 members (excludes halogenated alkanes) is 14. The molecule has 0 rings (SSSR count). The molecule has 0 aromatic heterocycles. The van der Waals surface area contributed by atoms with Crippen molar-refractivity contribution in [3.63, 3.8) is 0 Å². The molecule has 0 radical (unpaired) electrons. The van der Waals surface area contributed by atoms with Crippen LogP contribution in [0.25, 0.3) is 0 Å². The summed E-state index contributed by atoms with van der Waals surface area (Å²) in [5.41, 5.74) is 0. The van der Waals surface area contributed by atoms with E-state index in [9.17, 15) is 4.79 Å². The highest BCUT2D eigenvalue weighted by Crippen LogP contribution is 2.13. The fraction of sp³-hybridized carbons (Fsp3) is 0.960. The average molecular weight is 465 g/mol. The van der Waals surface area contributed by atoms with Gasteiger partial charge in [-0.2, -0.15) is 0 Å². The van der Waals surface area contributed by atoms with Crippen molar-refractivity contribution in [3.8, 4) is 0 Å². The fourth-order valence-corrected chi connectivity index (χ4v) is 3.99. The molecule has 0 saturated heterocycles. The number of quaternary nitrogens is 1. The fourth-order valence-electron chi connectivity index (χ4n) is 3.99. The number of carbonyl (C=O) groups excluding carboxylic acids is 1. The zero-order chi connectivity index (χ0) is 22.1. The number of halogens is 1. The summed E-state index contributed by atoms with van der Waals surface area (Å²) < 4.78 is 0. The number of aliphatic hydroxyl groups excluding tert-OH is 2. The maximum Gasteiger partial charge on any atom is 0.220 e. The predicted molar refractivity (Wildman–Crippen MR) is 127 cm³/mol. The summed E-state index contributed by atoms with van der Waals surface area (Å²) in [6.07, 6.45) is 22.1. The van der Waals surface area contributed by atoms with Gasteiger partial charge in [-0.15, -0.1) is 0 Å². The normalized spacial score (nSPS) is 11.0. The second kappa shape index (κ2) is 27.7. The van der Waals surface area contributed by atoms with Crippen molar-refractivity contribution >= 4 is 5.91 Å². The van der Waals surface area contributed by atoms with Crippen LogP contribution in [0, 0.1) is 0 Å². The van der Waals surface area contributed by atoms with E-state index in [1.165, 1.54) is 83.5 Å². The summed E-state index contributed by atoms with van der Waals surface area (Å²) in [5.74, 6) is 0.152. The van der Waals surface area contributed by atoms with Crippen LogP contribution in [0.5, 0.6) is 0 Å². The van der Waals surface area contributed by atoms with E-state index in [-0.39, 0.29) is 37.6 Å². The van der Waals surface area contributed by atoms with E-state index in [4.69, 9.17) is 10.2 Å². The van der Waals surface area contributed by atoms with E-state index in [0.29, 0.717) is 25.8 Å². The number of nitrogens with one attached hydrogen (secondary N) is 1. The van der Waals surface area contributed by atoms with Gasteiger partial charge in [0, 0.05) is 32.5 Å². The SMILES string of the molecule is CCCCCCCCCCCCCCCCCC(=O)NCC[NH2+]C(CCO)CCO.[Cl-]. The molecule has 5 nitrogen and oxygen atoms in total. The summed E-state index contributed by atoms with van der Waals surface area (Å²) in [7, 11) is 0.